The highest BCUT2D eigenvalue weighted by Gasteiger charge is 2.12. The van der Waals surface area contributed by atoms with Gasteiger partial charge in [-0.2, -0.15) is 0 Å². The van der Waals surface area contributed by atoms with Crippen LogP contribution < -0.4 is 20.9 Å². The number of piperazine rings is 1. The van der Waals surface area contributed by atoms with E-state index in [1.54, 1.807) is 29.0 Å². The fraction of sp³-hybridized carbons (Fsp3) is 0.286. The van der Waals surface area contributed by atoms with Gasteiger partial charge in [-0.3, -0.25) is 10.2 Å². The number of anilines is 3. The van der Waals surface area contributed by atoms with Gasteiger partial charge in [0.25, 0.3) is 0 Å². The Balaban J connectivity index is 1.23. The van der Waals surface area contributed by atoms with Gasteiger partial charge >= 0.3 is 6.03 Å². The Morgan fingerprint density at radius 2 is 1.89 bits per heavy atom. The number of benzene rings is 1. The van der Waals surface area contributed by atoms with Crippen molar-refractivity contribution in [2.75, 3.05) is 55.8 Å². The summed E-state index contributed by atoms with van der Waals surface area (Å²) in [4.78, 5) is 25.6. The van der Waals surface area contributed by atoms with Crippen molar-refractivity contribution in [3.8, 4) is 11.8 Å². The molecule has 4 aromatic rings. The lowest BCUT2D eigenvalue weighted by Gasteiger charge is -2.27. The van der Waals surface area contributed by atoms with Crippen LogP contribution in [-0.4, -0.2) is 70.8 Å². The molecule has 1 saturated heterocycles. The van der Waals surface area contributed by atoms with Crippen LogP contribution in [0.5, 0.6) is 0 Å². The van der Waals surface area contributed by atoms with E-state index in [0.717, 1.165) is 55.4 Å². The van der Waals surface area contributed by atoms with E-state index in [-0.39, 0.29) is 6.03 Å². The van der Waals surface area contributed by atoms with Crippen molar-refractivity contribution >= 4 is 29.0 Å². The van der Waals surface area contributed by atoms with Crippen molar-refractivity contribution in [1.29, 1.82) is 0 Å². The molecule has 10 nitrogen and oxygen atoms in total. The number of urea groups is 1. The average molecular weight is 510 g/mol. The third-order valence-electron chi connectivity index (χ3n) is 6.35. The Kier molecular flexibility index (Phi) is 7.49. The molecule has 1 aliphatic heterocycles. The zero-order valence-electron chi connectivity index (χ0n) is 21.8. The van der Waals surface area contributed by atoms with E-state index in [1.807, 2.05) is 43.3 Å². The monoisotopic (exact) mass is 509 g/mol. The number of carbonyl (C=O) groups is 1. The summed E-state index contributed by atoms with van der Waals surface area (Å²) in [6.45, 7) is 7.13. The van der Waals surface area contributed by atoms with Crippen LogP contribution in [-0.2, 0) is 6.54 Å². The topological polar surface area (TPSA) is 103 Å². The van der Waals surface area contributed by atoms with Gasteiger partial charge in [0.1, 0.15) is 17.3 Å². The summed E-state index contributed by atoms with van der Waals surface area (Å²) in [7, 11) is 3.87. The van der Waals surface area contributed by atoms with Gasteiger partial charge in [0.2, 0.25) is 0 Å². The molecule has 1 fully saturated rings. The minimum Gasteiger partial charge on any atom is -0.361 e. The summed E-state index contributed by atoms with van der Waals surface area (Å²) in [6.07, 6.45) is 3.31. The molecule has 4 heterocycles. The van der Waals surface area contributed by atoms with Crippen molar-refractivity contribution in [2.24, 2.45) is 0 Å². The number of hydrogen-bond donors (Lipinski definition) is 3. The summed E-state index contributed by atoms with van der Waals surface area (Å²) in [5, 5.41) is 13.6. The molecular weight excluding hydrogens is 478 g/mol. The van der Waals surface area contributed by atoms with E-state index in [9.17, 15) is 4.79 Å². The molecule has 0 saturated carbocycles. The number of imidazole rings is 1. The second-order valence-electron chi connectivity index (χ2n) is 9.43. The molecule has 3 aromatic heterocycles. The zero-order valence-corrected chi connectivity index (χ0v) is 21.8. The Morgan fingerprint density at radius 3 is 2.68 bits per heavy atom. The summed E-state index contributed by atoms with van der Waals surface area (Å²) < 4.78 is 1.72. The zero-order chi connectivity index (χ0) is 26.5. The predicted molar refractivity (Wildman–Crippen MR) is 149 cm³/mol. The van der Waals surface area contributed by atoms with Crippen LogP contribution in [0.25, 0.3) is 5.65 Å². The molecule has 3 N–H and O–H groups in total. The first-order valence-electron chi connectivity index (χ1n) is 12.6. The predicted octanol–water partition coefficient (Wildman–Crippen LogP) is 2.95. The summed E-state index contributed by atoms with van der Waals surface area (Å²) in [5.74, 6) is 7.45. The second-order valence-corrected chi connectivity index (χ2v) is 9.43. The van der Waals surface area contributed by atoms with E-state index < -0.39 is 0 Å². The first-order chi connectivity index (χ1) is 18.4. The number of nitrogens with zero attached hydrogens (tertiary/aromatic N) is 6. The Labute approximate surface area is 222 Å². The van der Waals surface area contributed by atoms with Gasteiger partial charge in [0, 0.05) is 64.3 Å². The first-order valence-corrected chi connectivity index (χ1v) is 12.6. The lowest BCUT2D eigenvalue weighted by Crippen LogP contribution is -2.42. The Morgan fingerprint density at radius 1 is 1.05 bits per heavy atom. The minimum atomic E-state index is -0.362. The van der Waals surface area contributed by atoms with Gasteiger partial charge in [-0.1, -0.05) is 12.0 Å². The third-order valence-corrected chi connectivity index (χ3v) is 6.35. The number of carbonyl (C=O) groups excluding carboxylic acids is 1. The number of rotatable bonds is 5. The fourth-order valence-corrected chi connectivity index (χ4v) is 4.24. The van der Waals surface area contributed by atoms with Crippen LogP contribution in [0.4, 0.5) is 22.1 Å². The first kappa shape index (κ1) is 25.2. The van der Waals surface area contributed by atoms with Crippen LogP contribution in [0.2, 0.25) is 0 Å². The van der Waals surface area contributed by atoms with Gasteiger partial charge in [0.05, 0.1) is 6.20 Å². The second kappa shape index (κ2) is 11.3. The Bertz CT molecular complexity index is 1510. The molecule has 0 unspecified atom stereocenters. The molecule has 1 aromatic carbocycles. The maximum absolute atomic E-state index is 12.6. The molecule has 2 amide bonds. The quantitative estimate of drug-likeness (QED) is 0.356. The van der Waals surface area contributed by atoms with Gasteiger partial charge in [-0.15, -0.1) is 5.10 Å². The fourth-order valence-electron chi connectivity index (χ4n) is 4.24. The van der Waals surface area contributed by atoms with E-state index in [2.05, 4.69) is 60.7 Å². The number of nitrogens with one attached hydrogen (secondary N) is 3. The molecule has 0 atom stereocenters. The van der Waals surface area contributed by atoms with Gasteiger partial charge in [-0.25, -0.2) is 19.3 Å². The SMILES string of the molecule is Cc1cc(NC(=O)Nc2cc(C#Cc3cnc4ccc(N(C)C)nn34)ccn2)ccc1CN1CCNCC1. The van der Waals surface area contributed by atoms with E-state index in [1.165, 1.54) is 5.56 Å². The molecule has 0 aliphatic carbocycles. The molecule has 1 aliphatic rings. The van der Waals surface area contributed by atoms with Crippen molar-refractivity contribution in [2.45, 2.75) is 13.5 Å². The van der Waals surface area contributed by atoms with Crippen molar-refractivity contribution < 1.29 is 4.79 Å². The molecule has 38 heavy (non-hydrogen) atoms. The maximum Gasteiger partial charge on any atom is 0.324 e. The molecule has 5 rings (SSSR count). The summed E-state index contributed by atoms with van der Waals surface area (Å²) >= 11 is 0. The van der Waals surface area contributed by atoms with Gasteiger partial charge < -0.3 is 15.5 Å². The number of hydrogen-bond acceptors (Lipinski definition) is 7. The molecular formula is C28H31N9O. The lowest BCUT2D eigenvalue weighted by molar-refractivity contribution is 0.233. The number of pyridine rings is 1. The number of fused-ring (bicyclic) bond motifs is 1. The van der Waals surface area contributed by atoms with E-state index in [4.69, 9.17) is 0 Å². The molecule has 0 radical (unpaired) electrons. The molecule has 194 valence electrons. The highest BCUT2D eigenvalue weighted by molar-refractivity contribution is 5.99. The van der Waals surface area contributed by atoms with Crippen LogP contribution in [0.3, 0.4) is 0 Å². The van der Waals surface area contributed by atoms with Crippen LogP contribution >= 0.6 is 0 Å². The number of aromatic nitrogens is 4. The highest BCUT2D eigenvalue weighted by Crippen LogP contribution is 2.18. The number of aryl methyl sites for hydroxylation is 1. The molecule has 10 heteroatoms. The molecule has 0 bridgehead atoms. The van der Waals surface area contributed by atoms with Crippen LogP contribution in [0, 0.1) is 18.8 Å². The van der Waals surface area contributed by atoms with Crippen LogP contribution in [0.15, 0.2) is 54.9 Å². The van der Waals surface area contributed by atoms with Crippen LogP contribution in [0.1, 0.15) is 22.4 Å². The number of amides is 2. The third kappa shape index (κ3) is 6.08. The van der Waals surface area contributed by atoms with Crippen molar-refractivity contribution in [1.82, 2.24) is 29.8 Å². The van der Waals surface area contributed by atoms with Crippen molar-refractivity contribution in [3.05, 3.63) is 77.2 Å². The average Bonchev–Trinajstić information content (AvgIpc) is 3.32. The van der Waals surface area contributed by atoms with E-state index in [0.29, 0.717) is 17.1 Å². The normalized spacial score (nSPS) is 13.6. The van der Waals surface area contributed by atoms with Gasteiger partial charge in [0.15, 0.2) is 5.65 Å². The largest absolute Gasteiger partial charge is 0.361 e. The maximum atomic E-state index is 12.6. The Hall–Kier alpha value is -4.46. The standard InChI is InChI=1S/C28H31N9O/c1-20-16-23(6-5-22(20)19-36-14-12-29-13-15-36)32-28(38)33-25-17-21(10-11-30-25)4-7-24-18-31-26-8-9-27(35(2)3)34-37(24)26/h5-6,8-11,16-18,29H,12-15,19H2,1-3H3,(H2,30,32,33,38). The summed E-state index contributed by atoms with van der Waals surface area (Å²) in [6, 6.07) is 13.0. The van der Waals surface area contributed by atoms with E-state index >= 15 is 0 Å². The van der Waals surface area contributed by atoms with Crippen molar-refractivity contribution in [3.63, 3.8) is 0 Å². The van der Waals surface area contributed by atoms with Gasteiger partial charge in [-0.05, 0) is 60.4 Å². The smallest absolute Gasteiger partial charge is 0.324 e. The lowest BCUT2D eigenvalue weighted by atomic mass is 10.1. The highest BCUT2D eigenvalue weighted by atomic mass is 16.2. The molecule has 0 spiro atoms. The minimum absolute atomic E-state index is 0.362. The summed E-state index contributed by atoms with van der Waals surface area (Å²) in [5.41, 5.74) is 5.25.